The molecule has 2 bridgehead atoms. The molecule has 3 aliphatic carbocycles. The second-order valence-electron chi connectivity index (χ2n) is 15.0. The van der Waals surface area contributed by atoms with E-state index in [2.05, 4.69) is 0 Å². The maximum atomic E-state index is 13.4. The van der Waals surface area contributed by atoms with Crippen LogP contribution in [-0.4, -0.2) is 100 Å². The average Bonchev–Trinajstić information content (AvgIpc) is 3.33. The van der Waals surface area contributed by atoms with Gasteiger partial charge in [0.2, 0.25) is 6.29 Å². The van der Waals surface area contributed by atoms with E-state index in [1.807, 2.05) is 20.8 Å². The zero-order chi connectivity index (χ0) is 31.4. The highest BCUT2D eigenvalue weighted by Crippen LogP contribution is 2.82. The quantitative estimate of drug-likeness (QED) is 0.234. The van der Waals surface area contributed by atoms with Gasteiger partial charge in [-0.3, -0.25) is 4.79 Å². The summed E-state index contributed by atoms with van der Waals surface area (Å²) in [5.74, 6) is -2.73. The van der Waals surface area contributed by atoms with E-state index in [0.29, 0.717) is 12.0 Å². The van der Waals surface area contributed by atoms with Crippen LogP contribution >= 0.6 is 0 Å². The SMILES string of the molecule is C/C=C(\C)C(=O)O[C@H]1C[C@@H](OC(C)=O)[C@@]2(C)CO[C@H]3[C@@H](O)C(C)([C@]45O[C@@]4(C)[C@H]4C[C@@H]5O[C@@H]5OC=C[C@@]54O)[C@@H]4[C@H](O)OC[C@@]14[C@@H]32. The molecule has 7 fully saturated rings. The highest BCUT2D eigenvalue weighted by atomic mass is 16.7. The van der Waals surface area contributed by atoms with E-state index >= 15 is 0 Å². The summed E-state index contributed by atoms with van der Waals surface area (Å²) in [6.07, 6.45) is -1.03. The molecule has 3 N–H and O–H groups in total. The van der Waals surface area contributed by atoms with E-state index in [4.69, 9.17) is 33.2 Å². The van der Waals surface area contributed by atoms with Crippen LogP contribution in [0.5, 0.6) is 0 Å². The highest BCUT2D eigenvalue weighted by Gasteiger charge is 2.95. The normalized spacial score (nSPS) is 59.2. The van der Waals surface area contributed by atoms with Gasteiger partial charge in [-0.15, -0.1) is 0 Å². The lowest BCUT2D eigenvalue weighted by Crippen LogP contribution is -2.76. The maximum Gasteiger partial charge on any atom is 0.333 e. The summed E-state index contributed by atoms with van der Waals surface area (Å²) in [5.41, 5.74) is -6.22. The molecule has 3 saturated carbocycles. The Balaban J connectivity index is 1.30. The molecule has 12 nitrogen and oxygen atoms in total. The lowest BCUT2D eigenvalue weighted by molar-refractivity contribution is -0.302. The molecule has 1 spiro atoms. The zero-order valence-electron chi connectivity index (χ0n) is 25.8. The molecule has 4 saturated heterocycles. The van der Waals surface area contributed by atoms with E-state index < -0.39 is 106 Å². The molecule has 0 aromatic carbocycles. The van der Waals surface area contributed by atoms with Crippen molar-refractivity contribution in [2.75, 3.05) is 13.2 Å². The maximum absolute atomic E-state index is 13.4. The van der Waals surface area contributed by atoms with Gasteiger partial charge in [-0.05, 0) is 33.3 Å². The van der Waals surface area contributed by atoms with Crippen molar-refractivity contribution in [3.05, 3.63) is 24.0 Å². The van der Waals surface area contributed by atoms with Gasteiger partial charge in [0.05, 0.1) is 37.8 Å². The number of carbonyl (C=O) groups is 2. The smallest absolute Gasteiger partial charge is 0.333 e. The minimum Gasteiger partial charge on any atom is -0.469 e. The molecule has 1 unspecified atom stereocenters. The predicted molar refractivity (Wildman–Crippen MR) is 147 cm³/mol. The number of hydrogen-bond acceptors (Lipinski definition) is 12. The average molecular weight is 619 g/mol. The molecule has 242 valence electrons. The molecule has 0 radical (unpaired) electrons. The first-order valence-corrected chi connectivity index (χ1v) is 15.7. The molecule has 0 aromatic heterocycles. The number of epoxide rings is 1. The van der Waals surface area contributed by atoms with Crippen LogP contribution in [0.4, 0.5) is 0 Å². The highest BCUT2D eigenvalue weighted by molar-refractivity contribution is 5.87. The zero-order valence-corrected chi connectivity index (χ0v) is 25.8. The molecule has 16 atom stereocenters. The van der Waals surface area contributed by atoms with Crippen LogP contribution < -0.4 is 0 Å². The molecule has 8 rings (SSSR count). The first-order chi connectivity index (χ1) is 20.7. The monoisotopic (exact) mass is 618 g/mol. The number of allylic oxidation sites excluding steroid dienone is 1. The molecule has 0 aromatic rings. The lowest BCUT2D eigenvalue weighted by Gasteiger charge is -2.65. The van der Waals surface area contributed by atoms with E-state index in [-0.39, 0.29) is 19.6 Å². The topological polar surface area (TPSA) is 163 Å². The van der Waals surface area contributed by atoms with Gasteiger partial charge in [0.25, 0.3) is 0 Å². The van der Waals surface area contributed by atoms with Crippen LogP contribution in [0.15, 0.2) is 24.0 Å². The Bertz CT molecular complexity index is 1380. The number of fused-ring (bicyclic) bond motifs is 7. The Morgan fingerprint density at radius 2 is 1.75 bits per heavy atom. The van der Waals surface area contributed by atoms with Crippen molar-refractivity contribution in [2.24, 2.45) is 34.0 Å². The summed E-state index contributed by atoms with van der Waals surface area (Å²) in [6, 6.07) is 0. The van der Waals surface area contributed by atoms with Crippen LogP contribution in [0.3, 0.4) is 0 Å². The molecular formula is C32H42O12. The van der Waals surface area contributed by atoms with Crippen LogP contribution in [0.25, 0.3) is 0 Å². The summed E-state index contributed by atoms with van der Waals surface area (Å²) >= 11 is 0. The van der Waals surface area contributed by atoms with Gasteiger partial charge < -0.3 is 48.5 Å². The Labute approximate surface area is 255 Å². The summed E-state index contributed by atoms with van der Waals surface area (Å²) in [6.45, 7) is 10.8. The van der Waals surface area contributed by atoms with Crippen molar-refractivity contribution >= 4 is 11.9 Å². The van der Waals surface area contributed by atoms with Crippen molar-refractivity contribution in [1.82, 2.24) is 0 Å². The molecule has 12 heteroatoms. The fourth-order valence-electron chi connectivity index (χ4n) is 11.6. The second-order valence-corrected chi connectivity index (χ2v) is 15.0. The van der Waals surface area contributed by atoms with Crippen molar-refractivity contribution < 1.29 is 58.1 Å². The Kier molecular flexibility index (Phi) is 5.76. The van der Waals surface area contributed by atoms with Crippen molar-refractivity contribution in [2.45, 2.75) is 114 Å². The molecule has 5 aliphatic heterocycles. The molecule has 0 amide bonds. The van der Waals surface area contributed by atoms with E-state index in [9.17, 15) is 24.9 Å². The van der Waals surface area contributed by atoms with E-state index in [1.165, 1.54) is 13.2 Å². The van der Waals surface area contributed by atoms with Crippen LogP contribution in [0.1, 0.15) is 54.4 Å². The number of hydrogen-bond donors (Lipinski definition) is 3. The van der Waals surface area contributed by atoms with E-state index in [0.717, 1.165) is 0 Å². The summed E-state index contributed by atoms with van der Waals surface area (Å²) < 4.78 is 43.7. The van der Waals surface area contributed by atoms with Gasteiger partial charge in [0.1, 0.15) is 23.4 Å². The van der Waals surface area contributed by atoms with Gasteiger partial charge in [0, 0.05) is 52.9 Å². The number of aliphatic hydroxyl groups is 3. The summed E-state index contributed by atoms with van der Waals surface area (Å²) in [5, 5.41) is 36.2. The summed E-state index contributed by atoms with van der Waals surface area (Å²) in [4.78, 5) is 25.7. The van der Waals surface area contributed by atoms with Crippen molar-refractivity contribution in [3.63, 3.8) is 0 Å². The third kappa shape index (κ3) is 2.96. The van der Waals surface area contributed by atoms with Crippen LogP contribution in [0.2, 0.25) is 0 Å². The number of ether oxygens (including phenoxy) is 7. The standard InChI is InChI=1S/C32H42O12/c1-7-14(2)24(35)42-18-11-17(41-15(3)33)27(4)12-39-20-21(27)30(18)13-40-25(36)22(30)28(5,23(20)34)32-19-10-16(29(32,6)44-32)31(37)8-9-38-26(31)43-19/h7-9,16-23,25-26,34,36-37H,10-13H2,1-6H3/b14-7+/t16-,17-,18+,19+,20-,21+,22+,23-,25-,26+,27-,28?,29+,30+,31+,32+/m1/s1. The number of aliphatic hydroxyl groups excluding tert-OH is 2. The Hall–Kier alpha value is -2.06. The minimum atomic E-state index is -1.42. The molecule has 44 heavy (non-hydrogen) atoms. The number of esters is 2. The first-order valence-electron chi connectivity index (χ1n) is 15.7. The minimum absolute atomic E-state index is 0.0288. The fourth-order valence-corrected chi connectivity index (χ4v) is 11.6. The lowest BCUT2D eigenvalue weighted by atomic mass is 9.38. The van der Waals surface area contributed by atoms with Crippen molar-refractivity contribution in [1.29, 1.82) is 0 Å². The van der Waals surface area contributed by atoms with Crippen LogP contribution in [-0.2, 0) is 42.7 Å². The number of rotatable bonds is 4. The largest absolute Gasteiger partial charge is 0.469 e. The van der Waals surface area contributed by atoms with Gasteiger partial charge in [-0.25, -0.2) is 4.79 Å². The molecule has 5 heterocycles. The summed E-state index contributed by atoms with van der Waals surface area (Å²) in [7, 11) is 0. The predicted octanol–water partition coefficient (Wildman–Crippen LogP) is 1.10. The van der Waals surface area contributed by atoms with Gasteiger partial charge >= 0.3 is 11.9 Å². The Morgan fingerprint density at radius 1 is 1.00 bits per heavy atom. The van der Waals surface area contributed by atoms with Gasteiger partial charge in [-0.1, -0.05) is 19.9 Å². The Morgan fingerprint density at radius 3 is 2.45 bits per heavy atom. The first kappa shape index (κ1) is 29.3. The number of carbonyl (C=O) groups excluding carboxylic acids is 2. The third-order valence-corrected chi connectivity index (χ3v) is 13.4. The fraction of sp³-hybridized carbons (Fsp3) is 0.812. The second kappa shape index (κ2) is 8.64. The molecular weight excluding hydrogens is 576 g/mol. The van der Waals surface area contributed by atoms with E-state index in [1.54, 1.807) is 26.0 Å². The van der Waals surface area contributed by atoms with Crippen molar-refractivity contribution in [3.8, 4) is 0 Å². The van der Waals surface area contributed by atoms with Gasteiger partial charge in [-0.2, -0.15) is 0 Å². The van der Waals surface area contributed by atoms with Gasteiger partial charge in [0.15, 0.2) is 11.9 Å². The van der Waals surface area contributed by atoms with Crippen LogP contribution in [0, 0.1) is 34.0 Å². The third-order valence-electron chi connectivity index (χ3n) is 13.4. The molecule has 8 aliphatic rings.